The van der Waals surface area contributed by atoms with Gasteiger partial charge in [0.15, 0.2) is 0 Å². The Labute approximate surface area is 177 Å². The van der Waals surface area contributed by atoms with Gasteiger partial charge in [-0.15, -0.1) is 0 Å². The summed E-state index contributed by atoms with van der Waals surface area (Å²) >= 11 is 0. The number of carbonyl (C=O) groups excluding carboxylic acids is 2. The summed E-state index contributed by atoms with van der Waals surface area (Å²) in [4.78, 5) is 45.7. The highest BCUT2D eigenvalue weighted by Crippen LogP contribution is 2.18. The van der Waals surface area contributed by atoms with Crippen LogP contribution in [0.4, 0.5) is 5.69 Å². The molecule has 0 radical (unpaired) electrons. The molecule has 9 nitrogen and oxygen atoms in total. The summed E-state index contributed by atoms with van der Waals surface area (Å²) in [6, 6.07) is 12.0. The van der Waals surface area contributed by atoms with Crippen molar-refractivity contribution in [2.45, 2.75) is 25.9 Å². The molecule has 0 bridgehead atoms. The van der Waals surface area contributed by atoms with Crippen molar-refractivity contribution < 1.29 is 9.59 Å². The molecule has 0 aliphatic carbocycles. The molecule has 4 N–H and O–H groups in total. The fourth-order valence-corrected chi connectivity index (χ4v) is 3.29. The normalized spacial score (nSPS) is 11.9. The Hall–Kier alpha value is -4.14. The van der Waals surface area contributed by atoms with Crippen molar-refractivity contribution in [1.29, 1.82) is 0 Å². The summed E-state index contributed by atoms with van der Waals surface area (Å²) in [5.74, 6) is -0.405. The SMILES string of the molecule is CC(NC(=O)c1cccc(NC(=O)CCn2ccnc2)c1)c1ccc2[nH]c(=O)[nH]c2c1. The zero-order chi connectivity index (χ0) is 21.8. The lowest BCUT2D eigenvalue weighted by molar-refractivity contribution is -0.116. The molecule has 2 heterocycles. The van der Waals surface area contributed by atoms with Crippen LogP contribution < -0.4 is 16.3 Å². The lowest BCUT2D eigenvalue weighted by Crippen LogP contribution is -2.26. The van der Waals surface area contributed by atoms with E-state index in [0.717, 1.165) is 5.56 Å². The molecule has 9 heteroatoms. The van der Waals surface area contributed by atoms with Gasteiger partial charge in [0.25, 0.3) is 5.91 Å². The van der Waals surface area contributed by atoms with Gasteiger partial charge in [-0.1, -0.05) is 12.1 Å². The van der Waals surface area contributed by atoms with Crippen molar-refractivity contribution in [3.05, 3.63) is 82.8 Å². The smallest absolute Gasteiger partial charge is 0.323 e. The van der Waals surface area contributed by atoms with Crippen molar-refractivity contribution in [1.82, 2.24) is 24.8 Å². The Morgan fingerprint density at radius 2 is 1.97 bits per heavy atom. The zero-order valence-electron chi connectivity index (χ0n) is 16.9. The summed E-state index contributed by atoms with van der Waals surface area (Å²) in [6.07, 6.45) is 5.42. The molecular formula is C22H22N6O3. The topological polar surface area (TPSA) is 125 Å². The number of anilines is 1. The number of aryl methyl sites for hydroxylation is 1. The standard InChI is InChI=1S/C22H22N6O3/c1-14(15-5-6-18-19(12-15)27-22(31)26-18)24-21(30)16-3-2-4-17(11-16)25-20(29)7-9-28-10-8-23-13-28/h2-6,8,10-14H,7,9H2,1H3,(H,24,30)(H,25,29)(H2,26,27,31). The van der Waals surface area contributed by atoms with Gasteiger partial charge >= 0.3 is 5.69 Å². The van der Waals surface area contributed by atoms with E-state index in [4.69, 9.17) is 0 Å². The molecule has 1 atom stereocenters. The molecule has 0 aliphatic rings. The molecule has 0 fully saturated rings. The van der Waals surface area contributed by atoms with E-state index >= 15 is 0 Å². The van der Waals surface area contributed by atoms with E-state index in [-0.39, 0.29) is 23.5 Å². The third kappa shape index (κ3) is 4.89. The molecule has 0 saturated carbocycles. The number of hydrogen-bond donors (Lipinski definition) is 4. The van der Waals surface area contributed by atoms with E-state index in [9.17, 15) is 14.4 Å². The first-order valence-corrected chi connectivity index (χ1v) is 9.86. The number of aromatic nitrogens is 4. The Bertz CT molecular complexity index is 1270. The van der Waals surface area contributed by atoms with Crippen molar-refractivity contribution in [3.8, 4) is 0 Å². The van der Waals surface area contributed by atoms with E-state index < -0.39 is 0 Å². The molecule has 1 unspecified atom stereocenters. The molecule has 2 aromatic carbocycles. The number of nitrogens with zero attached hydrogens (tertiary/aromatic N) is 2. The van der Waals surface area contributed by atoms with Gasteiger partial charge in [0, 0.05) is 36.6 Å². The maximum Gasteiger partial charge on any atom is 0.323 e. The number of imidazole rings is 2. The van der Waals surface area contributed by atoms with Gasteiger partial charge in [0.2, 0.25) is 5.91 Å². The Morgan fingerprint density at radius 3 is 2.77 bits per heavy atom. The highest BCUT2D eigenvalue weighted by molar-refractivity contribution is 5.97. The molecule has 0 spiro atoms. The second-order valence-electron chi connectivity index (χ2n) is 7.26. The predicted octanol–water partition coefficient (Wildman–Crippen LogP) is 2.57. The number of carbonyl (C=O) groups is 2. The first-order chi connectivity index (χ1) is 15.0. The molecule has 4 rings (SSSR count). The van der Waals surface area contributed by atoms with Crippen LogP contribution in [0.25, 0.3) is 11.0 Å². The molecule has 4 aromatic rings. The van der Waals surface area contributed by atoms with Crippen LogP contribution in [0.1, 0.15) is 35.3 Å². The number of amides is 2. The summed E-state index contributed by atoms with van der Waals surface area (Å²) in [5.41, 5.74) is 2.98. The third-order valence-electron chi connectivity index (χ3n) is 4.95. The number of nitrogens with one attached hydrogen (secondary N) is 4. The maximum atomic E-state index is 12.7. The van der Waals surface area contributed by atoms with Gasteiger partial charge in [-0.3, -0.25) is 9.59 Å². The van der Waals surface area contributed by atoms with Gasteiger partial charge in [0.05, 0.1) is 23.4 Å². The largest absolute Gasteiger partial charge is 0.346 e. The number of rotatable bonds is 7. The number of aromatic amines is 2. The minimum absolute atomic E-state index is 0.145. The summed E-state index contributed by atoms with van der Waals surface area (Å²) in [6.45, 7) is 2.39. The predicted molar refractivity (Wildman–Crippen MR) is 117 cm³/mol. The van der Waals surface area contributed by atoms with E-state index in [1.807, 2.05) is 23.6 Å². The minimum Gasteiger partial charge on any atom is -0.346 e. The second-order valence-corrected chi connectivity index (χ2v) is 7.26. The fourth-order valence-electron chi connectivity index (χ4n) is 3.29. The average Bonchev–Trinajstić information content (AvgIpc) is 3.40. The Balaban J connectivity index is 1.38. The number of fused-ring (bicyclic) bond motifs is 1. The Morgan fingerprint density at radius 1 is 1.13 bits per heavy atom. The lowest BCUT2D eigenvalue weighted by Gasteiger charge is -2.15. The molecule has 2 amide bonds. The van der Waals surface area contributed by atoms with E-state index in [0.29, 0.717) is 35.2 Å². The van der Waals surface area contributed by atoms with Crippen LogP contribution in [-0.2, 0) is 11.3 Å². The summed E-state index contributed by atoms with van der Waals surface area (Å²) < 4.78 is 1.82. The van der Waals surface area contributed by atoms with E-state index in [2.05, 4.69) is 25.6 Å². The van der Waals surface area contributed by atoms with Gasteiger partial charge in [-0.2, -0.15) is 0 Å². The van der Waals surface area contributed by atoms with Crippen LogP contribution in [0.5, 0.6) is 0 Å². The molecule has 0 saturated heterocycles. The number of hydrogen-bond acceptors (Lipinski definition) is 4. The molecular weight excluding hydrogens is 396 g/mol. The molecule has 31 heavy (non-hydrogen) atoms. The van der Waals surface area contributed by atoms with Crippen molar-refractivity contribution in [2.75, 3.05) is 5.32 Å². The highest BCUT2D eigenvalue weighted by atomic mass is 16.2. The van der Waals surface area contributed by atoms with Crippen LogP contribution in [0.15, 0.2) is 66.0 Å². The van der Waals surface area contributed by atoms with Crippen molar-refractivity contribution in [2.24, 2.45) is 0 Å². The summed E-state index contributed by atoms with van der Waals surface area (Å²) in [7, 11) is 0. The molecule has 158 valence electrons. The van der Waals surface area contributed by atoms with Crippen LogP contribution in [0.2, 0.25) is 0 Å². The van der Waals surface area contributed by atoms with Crippen LogP contribution in [-0.4, -0.2) is 31.3 Å². The van der Waals surface area contributed by atoms with E-state index in [1.165, 1.54) is 0 Å². The lowest BCUT2D eigenvalue weighted by atomic mass is 10.1. The monoisotopic (exact) mass is 418 g/mol. The first kappa shape index (κ1) is 20.1. The van der Waals surface area contributed by atoms with Gasteiger partial charge in [0.1, 0.15) is 0 Å². The van der Waals surface area contributed by atoms with Gasteiger partial charge in [-0.25, -0.2) is 9.78 Å². The van der Waals surface area contributed by atoms with Crippen molar-refractivity contribution >= 4 is 28.5 Å². The molecule has 2 aromatic heterocycles. The second kappa shape index (κ2) is 8.70. The quantitative estimate of drug-likeness (QED) is 0.368. The van der Waals surface area contributed by atoms with Crippen molar-refractivity contribution in [3.63, 3.8) is 0 Å². The molecule has 0 aliphatic heterocycles. The average molecular weight is 418 g/mol. The third-order valence-corrected chi connectivity index (χ3v) is 4.95. The van der Waals surface area contributed by atoms with Crippen LogP contribution >= 0.6 is 0 Å². The van der Waals surface area contributed by atoms with Gasteiger partial charge < -0.3 is 25.2 Å². The minimum atomic E-state index is -0.274. The van der Waals surface area contributed by atoms with Gasteiger partial charge in [-0.05, 0) is 42.8 Å². The number of benzene rings is 2. The van der Waals surface area contributed by atoms with E-state index in [1.54, 1.807) is 49.1 Å². The van der Waals surface area contributed by atoms with Crippen LogP contribution in [0, 0.1) is 0 Å². The summed E-state index contributed by atoms with van der Waals surface area (Å²) in [5, 5.41) is 5.76. The number of H-pyrrole nitrogens is 2. The highest BCUT2D eigenvalue weighted by Gasteiger charge is 2.13. The first-order valence-electron chi connectivity index (χ1n) is 9.86. The Kier molecular flexibility index (Phi) is 5.65. The fraction of sp³-hybridized carbons (Fsp3) is 0.182. The zero-order valence-corrected chi connectivity index (χ0v) is 16.9. The maximum absolute atomic E-state index is 12.7. The van der Waals surface area contributed by atoms with Crippen LogP contribution in [0.3, 0.4) is 0 Å².